The van der Waals surface area contributed by atoms with Crippen molar-refractivity contribution >= 4 is 17.9 Å². The highest BCUT2D eigenvalue weighted by molar-refractivity contribution is 5.71. The summed E-state index contributed by atoms with van der Waals surface area (Å²) in [5, 5.41) is 0. The van der Waals surface area contributed by atoms with Gasteiger partial charge in [-0.25, -0.2) is 0 Å². The van der Waals surface area contributed by atoms with E-state index < -0.39 is 6.10 Å². The monoisotopic (exact) mass is 1060 g/mol. The smallest absolute Gasteiger partial charge is 0.306 e. The molecular formula is C70H122O6. The number of rotatable bonds is 59. The molecule has 0 saturated carbocycles. The molecular weight excluding hydrogens is 937 g/mol. The van der Waals surface area contributed by atoms with Crippen molar-refractivity contribution in [2.24, 2.45) is 0 Å². The summed E-state index contributed by atoms with van der Waals surface area (Å²) in [6.07, 6.45) is 84.5. The number of allylic oxidation sites excluding steroid dienone is 14. The number of unbranched alkanes of at least 4 members (excludes halogenated alkanes) is 34. The Morgan fingerprint density at radius 3 is 0.803 bits per heavy atom. The molecule has 0 aromatic carbocycles. The fourth-order valence-corrected chi connectivity index (χ4v) is 9.27. The van der Waals surface area contributed by atoms with Gasteiger partial charge < -0.3 is 14.2 Å². The van der Waals surface area contributed by atoms with Gasteiger partial charge in [-0.1, -0.05) is 292 Å². The fourth-order valence-electron chi connectivity index (χ4n) is 9.27. The summed E-state index contributed by atoms with van der Waals surface area (Å²) < 4.78 is 16.9. The van der Waals surface area contributed by atoms with Crippen molar-refractivity contribution in [3.05, 3.63) is 85.1 Å². The Morgan fingerprint density at radius 2 is 0.513 bits per heavy atom. The third-order valence-corrected chi connectivity index (χ3v) is 14.1. The summed E-state index contributed by atoms with van der Waals surface area (Å²) in [6, 6.07) is 0. The summed E-state index contributed by atoms with van der Waals surface area (Å²) >= 11 is 0. The molecule has 0 spiro atoms. The van der Waals surface area contributed by atoms with E-state index in [1.54, 1.807) is 0 Å². The van der Waals surface area contributed by atoms with E-state index in [1.165, 1.54) is 167 Å². The average molecular weight is 1060 g/mol. The van der Waals surface area contributed by atoms with E-state index in [4.69, 9.17) is 14.2 Å². The molecule has 0 aliphatic carbocycles. The van der Waals surface area contributed by atoms with Gasteiger partial charge in [0.2, 0.25) is 0 Å². The second-order valence-corrected chi connectivity index (χ2v) is 21.6. The molecule has 0 radical (unpaired) electrons. The predicted molar refractivity (Wildman–Crippen MR) is 330 cm³/mol. The van der Waals surface area contributed by atoms with Crippen molar-refractivity contribution in [1.82, 2.24) is 0 Å². The molecule has 0 aromatic heterocycles. The minimum absolute atomic E-state index is 0.0818. The van der Waals surface area contributed by atoms with Crippen molar-refractivity contribution in [3.8, 4) is 0 Å². The average Bonchev–Trinajstić information content (AvgIpc) is 3.42. The highest BCUT2D eigenvalue weighted by atomic mass is 16.6. The van der Waals surface area contributed by atoms with Crippen LogP contribution in [0.15, 0.2) is 85.1 Å². The second kappa shape index (κ2) is 64.1. The lowest BCUT2D eigenvalue weighted by molar-refractivity contribution is -0.167. The minimum atomic E-state index is -0.787. The third-order valence-electron chi connectivity index (χ3n) is 14.1. The van der Waals surface area contributed by atoms with Crippen LogP contribution in [-0.2, 0) is 28.6 Å². The Balaban J connectivity index is 4.31. The normalized spacial score (nSPS) is 12.6. The molecule has 1 atom stereocenters. The third kappa shape index (κ3) is 61.4. The maximum Gasteiger partial charge on any atom is 0.306 e. The Hall–Kier alpha value is -3.41. The number of carbonyl (C=O) groups excluding carboxylic acids is 3. The lowest BCUT2D eigenvalue weighted by Crippen LogP contribution is -2.30. The van der Waals surface area contributed by atoms with Crippen molar-refractivity contribution in [3.63, 3.8) is 0 Å². The van der Waals surface area contributed by atoms with Gasteiger partial charge in [0.1, 0.15) is 13.2 Å². The summed E-state index contributed by atoms with van der Waals surface area (Å²) in [5.41, 5.74) is 0. The van der Waals surface area contributed by atoms with Crippen molar-refractivity contribution in [2.75, 3.05) is 13.2 Å². The van der Waals surface area contributed by atoms with E-state index in [-0.39, 0.29) is 31.1 Å². The minimum Gasteiger partial charge on any atom is -0.462 e. The number of esters is 3. The van der Waals surface area contributed by atoms with Gasteiger partial charge in [0.25, 0.3) is 0 Å². The molecule has 438 valence electrons. The number of carbonyl (C=O) groups is 3. The Bertz CT molecular complexity index is 1450. The van der Waals surface area contributed by atoms with Crippen LogP contribution in [0.25, 0.3) is 0 Å². The van der Waals surface area contributed by atoms with Crippen LogP contribution in [0.1, 0.15) is 323 Å². The molecule has 0 amide bonds. The second-order valence-electron chi connectivity index (χ2n) is 21.6. The molecule has 0 aliphatic rings. The van der Waals surface area contributed by atoms with Gasteiger partial charge in [-0.05, 0) is 96.3 Å². The van der Waals surface area contributed by atoms with Crippen molar-refractivity contribution in [2.45, 2.75) is 329 Å². The molecule has 6 heteroatoms. The van der Waals surface area contributed by atoms with E-state index in [0.29, 0.717) is 19.3 Å². The van der Waals surface area contributed by atoms with Crippen LogP contribution in [0.4, 0.5) is 0 Å². The van der Waals surface area contributed by atoms with Crippen molar-refractivity contribution < 1.29 is 28.6 Å². The molecule has 76 heavy (non-hydrogen) atoms. The van der Waals surface area contributed by atoms with Crippen molar-refractivity contribution in [1.29, 1.82) is 0 Å². The first-order chi connectivity index (χ1) is 37.5. The molecule has 0 aliphatic heterocycles. The predicted octanol–water partition coefficient (Wildman–Crippen LogP) is 22.3. The van der Waals surface area contributed by atoms with Crippen LogP contribution in [0.5, 0.6) is 0 Å². The Labute approximate surface area is 471 Å². The molecule has 0 saturated heterocycles. The first-order valence-corrected chi connectivity index (χ1v) is 32.6. The largest absolute Gasteiger partial charge is 0.462 e. The van der Waals surface area contributed by atoms with Gasteiger partial charge in [-0.2, -0.15) is 0 Å². The van der Waals surface area contributed by atoms with Crippen LogP contribution in [0.2, 0.25) is 0 Å². The van der Waals surface area contributed by atoms with Gasteiger partial charge in [0, 0.05) is 19.3 Å². The molecule has 0 aromatic rings. The maximum absolute atomic E-state index is 12.9. The van der Waals surface area contributed by atoms with Crippen LogP contribution in [0.3, 0.4) is 0 Å². The Morgan fingerprint density at radius 1 is 0.276 bits per heavy atom. The highest BCUT2D eigenvalue weighted by Crippen LogP contribution is 2.17. The molecule has 0 heterocycles. The topological polar surface area (TPSA) is 78.9 Å². The fraction of sp³-hybridized carbons (Fsp3) is 0.757. The molecule has 0 N–H and O–H groups in total. The van der Waals surface area contributed by atoms with Crippen LogP contribution >= 0.6 is 0 Å². The van der Waals surface area contributed by atoms with Gasteiger partial charge >= 0.3 is 17.9 Å². The summed E-state index contributed by atoms with van der Waals surface area (Å²) in [5.74, 6) is -0.888. The number of hydrogen-bond donors (Lipinski definition) is 0. The quantitative estimate of drug-likeness (QED) is 0.0261. The van der Waals surface area contributed by atoms with E-state index in [2.05, 4.69) is 106 Å². The zero-order valence-corrected chi connectivity index (χ0v) is 50.3. The molecule has 0 rings (SSSR count). The van der Waals surface area contributed by atoms with E-state index in [9.17, 15) is 14.4 Å². The molecule has 6 nitrogen and oxygen atoms in total. The number of hydrogen-bond acceptors (Lipinski definition) is 6. The van der Waals surface area contributed by atoms with E-state index >= 15 is 0 Å². The summed E-state index contributed by atoms with van der Waals surface area (Å²) in [6.45, 7) is 6.53. The highest BCUT2D eigenvalue weighted by Gasteiger charge is 2.19. The lowest BCUT2D eigenvalue weighted by atomic mass is 10.0. The standard InChI is InChI=1S/C70H122O6/c1-4-7-10-13-16-19-22-25-27-29-31-33-34-35-36-38-39-41-43-45-48-51-54-57-60-63-69(72)75-66-67(65-74-68(71)62-59-56-53-50-47-24-21-18-15-12-9-6-3)76-70(73)64-61-58-55-52-49-46-44-42-40-37-32-30-28-26-23-20-17-14-11-8-5-2/h8,11,17,20,22,25-26,28-29,31-32,37,42,44,67H,4-7,9-10,12-16,18-19,21,23-24,27,30,33-36,38-41,43,45-66H2,1-3H3/b11-8-,20-17-,25-22-,28-26-,31-29-,37-32-,44-42-. The van der Waals surface area contributed by atoms with Gasteiger partial charge in [0.15, 0.2) is 6.10 Å². The van der Waals surface area contributed by atoms with Gasteiger partial charge in [-0.3, -0.25) is 14.4 Å². The first kappa shape index (κ1) is 72.6. The summed E-state index contributed by atoms with van der Waals surface area (Å²) in [7, 11) is 0. The van der Waals surface area contributed by atoms with Crippen LogP contribution in [-0.4, -0.2) is 37.2 Å². The number of ether oxygens (including phenoxy) is 3. The zero-order valence-electron chi connectivity index (χ0n) is 50.3. The van der Waals surface area contributed by atoms with Gasteiger partial charge in [0.05, 0.1) is 0 Å². The van der Waals surface area contributed by atoms with Crippen LogP contribution < -0.4 is 0 Å². The SMILES string of the molecule is CC/C=C\C/C=C\C/C=C\C/C=C\C/C=C\CCCCCCCC(=O)OC(COC(=O)CCCCCCCCCCCCCC)COC(=O)CCCCCCCCCCCCCCC/C=C\C/C=C\CCCCCCC. The lowest BCUT2D eigenvalue weighted by Gasteiger charge is -2.18. The molecule has 0 bridgehead atoms. The van der Waals surface area contributed by atoms with E-state index in [1.807, 2.05) is 0 Å². The maximum atomic E-state index is 12.9. The van der Waals surface area contributed by atoms with Crippen LogP contribution in [0, 0.1) is 0 Å². The Kier molecular flexibility index (Phi) is 61.2. The molecule has 1 unspecified atom stereocenters. The zero-order chi connectivity index (χ0) is 55.0. The van der Waals surface area contributed by atoms with E-state index in [0.717, 1.165) is 116 Å². The summed E-state index contributed by atoms with van der Waals surface area (Å²) in [4.78, 5) is 38.3. The first-order valence-electron chi connectivity index (χ1n) is 32.6. The van der Waals surface area contributed by atoms with Gasteiger partial charge in [-0.15, -0.1) is 0 Å². The molecule has 0 fully saturated rings.